The second kappa shape index (κ2) is 6.75. The number of carbonyl (C=O) groups is 1. The number of aliphatic hydroxyl groups is 1. The SMILES string of the molecule is COc1ccc(C(=O)NCCCCO)c(N)c1. The van der Waals surface area contributed by atoms with Crippen LogP contribution in [0.2, 0.25) is 0 Å². The van der Waals surface area contributed by atoms with Gasteiger partial charge in [-0.25, -0.2) is 0 Å². The lowest BCUT2D eigenvalue weighted by atomic mass is 10.1. The summed E-state index contributed by atoms with van der Waals surface area (Å²) in [6.07, 6.45) is 1.43. The van der Waals surface area contributed by atoms with Crippen LogP contribution in [0.4, 0.5) is 5.69 Å². The van der Waals surface area contributed by atoms with Crippen LogP contribution in [-0.4, -0.2) is 31.3 Å². The van der Waals surface area contributed by atoms with Crippen molar-refractivity contribution in [1.29, 1.82) is 0 Å². The molecule has 0 aliphatic carbocycles. The van der Waals surface area contributed by atoms with E-state index in [2.05, 4.69) is 5.32 Å². The van der Waals surface area contributed by atoms with Crippen molar-refractivity contribution in [1.82, 2.24) is 5.32 Å². The average molecular weight is 238 g/mol. The first-order valence-electron chi connectivity index (χ1n) is 5.51. The number of carbonyl (C=O) groups excluding carboxylic acids is 1. The second-order valence-corrected chi connectivity index (χ2v) is 3.64. The van der Waals surface area contributed by atoms with Gasteiger partial charge in [0.15, 0.2) is 0 Å². The summed E-state index contributed by atoms with van der Waals surface area (Å²) in [4.78, 5) is 11.7. The predicted octanol–water partition coefficient (Wildman–Crippen LogP) is 0.780. The summed E-state index contributed by atoms with van der Waals surface area (Å²) in [5.74, 6) is 0.419. The maximum atomic E-state index is 11.7. The molecule has 0 aliphatic heterocycles. The van der Waals surface area contributed by atoms with Crippen LogP contribution in [0.1, 0.15) is 23.2 Å². The maximum Gasteiger partial charge on any atom is 0.253 e. The molecule has 5 heteroatoms. The Morgan fingerprint density at radius 1 is 1.47 bits per heavy atom. The van der Waals surface area contributed by atoms with Crippen molar-refractivity contribution < 1.29 is 14.6 Å². The molecule has 0 saturated heterocycles. The molecule has 0 saturated carbocycles. The third-order valence-corrected chi connectivity index (χ3v) is 2.37. The van der Waals surface area contributed by atoms with E-state index in [4.69, 9.17) is 15.6 Å². The first kappa shape index (κ1) is 13.3. The number of hydrogen-bond donors (Lipinski definition) is 3. The third kappa shape index (κ3) is 3.96. The van der Waals surface area contributed by atoms with Crippen LogP contribution in [0.3, 0.4) is 0 Å². The Morgan fingerprint density at radius 2 is 2.24 bits per heavy atom. The summed E-state index contributed by atoms with van der Waals surface area (Å²) in [5, 5.41) is 11.3. The summed E-state index contributed by atoms with van der Waals surface area (Å²) in [5.41, 5.74) is 6.58. The van der Waals surface area contributed by atoms with Gasteiger partial charge in [0.2, 0.25) is 0 Å². The van der Waals surface area contributed by atoms with E-state index >= 15 is 0 Å². The van der Waals surface area contributed by atoms with Gasteiger partial charge in [-0.05, 0) is 25.0 Å². The topological polar surface area (TPSA) is 84.6 Å². The number of nitrogens with one attached hydrogen (secondary N) is 1. The lowest BCUT2D eigenvalue weighted by Crippen LogP contribution is -2.25. The smallest absolute Gasteiger partial charge is 0.253 e. The Labute approximate surface area is 101 Å². The van der Waals surface area contributed by atoms with E-state index in [1.54, 1.807) is 25.3 Å². The molecule has 0 aliphatic rings. The molecule has 0 radical (unpaired) electrons. The summed E-state index contributed by atoms with van der Waals surface area (Å²) in [6, 6.07) is 4.94. The van der Waals surface area contributed by atoms with Gasteiger partial charge in [0.25, 0.3) is 5.91 Å². The number of methoxy groups -OCH3 is 1. The molecule has 5 nitrogen and oxygen atoms in total. The number of anilines is 1. The molecular weight excluding hydrogens is 220 g/mol. The van der Waals surface area contributed by atoms with Crippen LogP contribution in [-0.2, 0) is 0 Å². The molecule has 1 amide bonds. The van der Waals surface area contributed by atoms with Crippen molar-refractivity contribution in [2.75, 3.05) is 26.0 Å². The number of benzene rings is 1. The van der Waals surface area contributed by atoms with Crippen LogP contribution < -0.4 is 15.8 Å². The van der Waals surface area contributed by atoms with Crippen LogP contribution in [0.15, 0.2) is 18.2 Å². The van der Waals surface area contributed by atoms with Gasteiger partial charge in [-0.2, -0.15) is 0 Å². The van der Waals surface area contributed by atoms with Crippen molar-refractivity contribution in [2.24, 2.45) is 0 Å². The standard InChI is InChI=1S/C12H18N2O3/c1-17-9-4-5-10(11(13)8-9)12(16)14-6-2-3-7-15/h4-5,8,15H,2-3,6-7,13H2,1H3,(H,14,16). The monoisotopic (exact) mass is 238 g/mol. The number of nitrogen functional groups attached to an aromatic ring is 1. The van der Waals surface area contributed by atoms with E-state index in [-0.39, 0.29) is 12.5 Å². The fraction of sp³-hybridized carbons (Fsp3) is 0.417. The normalized spacial score (nSPS) is 10.0. The molecule has 0 unspecified atom stereocenters. The van der Waals surface area contributed by atoms with Gasteiger partial charge in [0, 0.05) is 24.9 Å². The molecule has 0 heterocycles. The minimum absolute atomic E-state index is 0.139. The fourth-order valence-corrected chi connectivity index (χ4v) is 1.41. The highest BCUT2D eigenvalue weighted by atomic mass is 16.5. The summed E-state index contributed by atoms with van der Waals surface area (Å²) in [7, 11) is 1.55. The molecular formula is C12H18N2O3. The zero-order valence-corrected chi connectivity index (χ0v) is 9.90. The molecule has 0 aromatic heterocycles. The fourth-order valence-electron chi connectivity index (χ4n) is 1.41. The van der Waals surface area contributed by atoms with E-state index in [1.165, 1.54) is 0 Å². The first-order chi connectivity index (χ1) is 8.19. The van der Waals surface area contributed by atoms with Crippen molar-refractivity contribution in [3.05, 3.63) is 23.8 Å². The first-order valence-corrected chi connectivity index (χ1v) is 5.51. The number of unbranched alkanes of at least 4 members (excludes halogenated alkanes) is 1. The van der Waals surface area contributed by atoms with Gasteiger partial charge in [0.05, 0.1) is 12.7 Å². The Bertz CT molecular complexity index is 380. The van der Waals surface area contributed by atoms with Gasteiger partial charge in [-0.1, -0.05) is 0 Å². The van der Waals surface area contributed by atoms with Gasteiger partial charge in [-0.3, -0.25) is 4.79 Å². The van der Waals surface area contributed by atoms with E-state index in [0.717, 1.165) is 6.42 Å². The Morgan fingerprint density at radius 3 is 2.82 bits per heavy atom. The number of aliphatic hydroxyl groups excluding tert-OH is 1. The zero-order valence-electron chi connectivity index (χ0n) is 9.90. The molecule has 0 spiro atoms. The van der Waals surface area contributed by atoms with Gasteiger partial charge < -0.3 is 20.9 Å². The highest BCUT2D eigenvalue weighted by molar-refractivity contribution is 5.99. The second-order valence-electron chi connectivity index (χ2n) is 3.64. The number of nitrogens with two attached hydrogens (primary N) is 1. The van der Waals surface area contributed by atoms with Gasteiger partial charge >= 0.3 is 0 Å². The van der Waals surface area contributed by atoms with Gasteiger partial charge in [0.1, 0.15) is 5.75 Å². The van der Waals surface area contributed by atoms with Crippen molar-refractivity contribution in [2.45, 2.75) is 12.8 Å². The van der Waals surface area contributed by atoms with Gasteiger partial charge in [-0.15, -0.1) is 0 Å². The Hall–Kier alpha value is -1.75. The molecule has 0 bridgehead atoms. The Kier molecular flexibility index (Phi) is 5.29. The third-order valence-electron chi connectivity index (χ3n) is 2.37. The summed E-state index contributed by atoms with van der Waals surface area (Å²) >= 11 is 0. The van der Waals surface area contributed by atoms with Crippen molar-refractivity contribution in [3.8, 4) is 5.75 Å². The van der Waals surface area contributed by atoms with Crippen molar-refractivity contribution in [3.63, 3.8) is 0 Å². The molecule has 1 aromatic rings. The highest BCUT2D eigenvalue weighted by Gasteiger charge is 2.09. The lowest BCUT2D eigenvalue weighted by Gasteiger charge is -2.08. The molecule has 4 N–H and O–H groups in total. The number of rotatable bonds is 6. The van der Waals surface area contributed by atoms with Crippen LogP contribution in [0.5, 0.6) is 5.75 Å². The van der Waals surface area contributed by atoms with Crippen LogP contribution >= 0.6 is 0 Å². The molecule has 1 rings (SSSR count). The number of ether oxygens (including phenoxy) is 1. The minimum atomic E-state index is -0.205. The van der Waals surface area contributed by atoms with Crippen molar-refractivity contribution >= 4 is 11.6 Å². The Balaban J connectivity index is 2.57. The minimum Gasteiger partial charge on any atom is -0.497 e. The molecule has 17 heavy (non-hydrogen) atoms. The molecule has 0 atom stereocenters. The quantitative estimate of drug-likeness (QED) is 0.505. The summed E-state index contributed by atoms with van der Waals surface area (Å²) in [6.45, 7) is 0.672. The van der Waals surface area contributed by atoms with Crippen LogP contribution in [0, 0.1) is 0 Å². The average Bonchev–Trinajstić information content (AvgIpc) is 2.34. The van der Waals surface area contributed by atoms with E-state index in [1.807, 2.05) is 0 Å². The maximum absolute atomic E-state index is 11.7. The molecule has 1 aromatic carbocycles. The highest BCUT2D eigenvalue weighted by Crippen LogP contribution is 2.19. The largest absolute Gasteiger partial charge is 0.497 e. The van der Waals surface area contributed by atoms with Crippen LogP contribution in [0.25, 0.3) is 0 Å². The zero-order chi connectivity index (χ0) is 12.7. The van der Waals surface area contributed by atoms with E-state index in [9.17, 15) is 4.79 Å². The predicted molar refractivity (Wildman–Crippen MR) is 66.1 cm³/mol. The van der Waals surface area contributed by atoms with E-state index in [0.29, 0.717) is 30.0 Å². The number of hydrogen-bond acceptors (Lipinski definition) is 4. The molecule has 0 fully saturated rings. The lowest BCUT2D eigenvalue weighted by molar-refractivity contribution is 0.0953. The van der Waals surface area contributed by atoms with E-state index < -0.39 is 0 Å². The summed E-state index contributed by atoms with van der Waals surface area (Å²) < 4.78 is 5.00. The number of amides is 1. The molecule has 94 valence electrons.